The van der Waals surface area contributed by atoms with Gasteiger partial charge in [-0.1, -0.05) is 174 Å². The second kappa shape index (κ2) is 14.7. The van der Waals surface area contributed by atoms with Crippen molar-refractivity contribution in [2.24, 2.45) is 0 Å². The second-order valence-corrected chi connectivity index (χ2v) is 17.0. The Kier molecular flexibility index (Phi) is 9.52. The van der Waals surface area contributed by atoms with Crippen LogP contribution in [0.1, 0.15) is 125 Å². The molecule has 0 atom stereocenters. The van der Waals surface area contributed by atoms with E-state index in [-0.39, 0.29) is 10.8 Å². The van der Waals surface area contributed by atoms with Crippen LogP contribution in [0.2, 0.25) is 0 Å². The van der Waals surface area contributed by atoms with E-state index in [4.69, 9.17) is 0 Å². The van der Waals surface area contributed by atoms with Gasteiger partial charge in [0.1, 0.15) is 0 Å². The van der Waals surface area contributed by atoms with Crippen LogP contribution in [0.25, 0.3) is 22.3 Å². The average molecular weight is 706 g/mol. The molecule has 0 radical (unpaired) electrons. The molecule has 0 heterocycles. The van der Waals surface area contributed by atoms with Crippen molar-refractivity contribution in [2.75, 3.05) is 4.90 Å². The standard InChI is InChI=1S/C53H55N/c1-52(2)49-35-34-46(38-48(49)51-47(24-17-25-50(51)52)41-20-11-7-12-21-41)54(44-30-26-40(27-31-44)39-18-9-6-10-19-39)45-32-28-43(29-33-45)53(42-22-13-8-14-23-42)36-15-4-3-5-16-37-53/h7-8,11-14,17,20-35,38-39H,3-6,9-10,15-16,18-19,36-37H2,1-2H3. The predicted octanol–water partition coefficient (Wildman–Crippen LogP) is 15.2. The van der Waals surface area contributed by atoms with E-state index in [0.29, 0.717) is 5.92 Å². The van der Waals surface area contributed by atoms with Crippen LogP contribution in [-0.2, 0) is 10.8 Å². The summed E-state index contributed by atoms with van der Waals surface area (Å²) in [7, 11) is 0. The zero-order valence-corrected chi connectivity index (χ0v) is 32.4. The van der Waals surface area contributed by atoms with E-state index in [0.717, 1.165) is 0 Å². The van der Waals surface area contributed by atoms with Crippen molar-refractivity contribution in [1.29, 1.82) is 0 Å². The summed E-state index contributed by atoms with van der Waals surface area (Å²) < 4.78 is 0. The van der Waals surface area contributed by atoms with Gasteiger partial charge in [-0.25, -0.2) is 0 Å². The maximum atomic E-state index is 2.51. The topological polar surface area (TPSA) is 3.24 Å². The summed E-state index contributed by atoms with van der Waals surface area (Å²) in [5.74, 6) is 0.689. The Morgan fingerprint density at radius 1 is 0.463 bits per heavy atom. The fraction of sp³-hybridized carbons (Fsp3) is 0.321. The monoisotopic (exact) mass is 705 g/mol. The van der Waals surface area contributed by atoms with Gasteiger partial charge in [0.05, 0.1) is 0 Å². The third-order valence-electron chi connectivity index (χ3n) is 13.5. The summed E-state index contributed by atoms with van der Waals surface area (Å²) in [6.07, 6.45) is 15.8. The van der Waals surface area contributed by atoms with Crippen LogP contribution in [0.3, 0.4) is 0 Å². The highest BCUT2D eigenvalue weighted by molar-refractivity contribution is 5.94. The molecule has 0 aromatic heterocycles. The normalized spacial score (nSPS) is 17.9. The Balaban J connectivity index is 1.17. The lowest BCUT2D eigenvalue weighted by molar-refractivity contribution is 0.366. The van der Waals surface area contributed by atoms with Crippen molar-refractivity contribution < 1.29 is 0 Å². The minimum Gasteiger partial charge on any atom is -0.310 e. The van der Waals surface area contributed by atoms with Gasteiger partial charge in [0.15, 0.2) is 0 Å². The van der Waals surface area contributed by atoms with E-state index < -0.39 is 0 Å². The number of fused-ring (bicyclic) bond motifs is 3. The van der Waals surface area contributed by atoms with Crippen molar-refractivity contribution in [3.63, 3.8) is 0 Å². The number of nitrogens with zero attached hydrogens (tertiary/aromatic N) is 1. The molecular formula is C53H55N. The first kappa shape index (κ1) is 34.9. The van der Waals surface area contributed by atoms with E-state index in [1.54, 1.807) is 0 Å². The van der Waals surface area contributed by atoms with Crippen molar-refractivity contribution in [3.8, 4) is 22.3 Å². The van der Waals surface area contributed by atoms with Gasteiger partial charge < -0.3 is 4.90 Å². The van der Waals surface area contributed by atoms with Crippen LogP contribution in [0.15, 0.2) is 146 Å². The fourth-order valence-electron chi connectivity index (χ4n) is 10.5. The second-order valence-electron chi connectivity index (χ2n) is 17.0. The first-order valence-corrected chi connectivity index (χ1v) is 20.9. The Labute approximate surface area is 324 Å². The largest absolute Gasteiger partial charge is 0.310 e. The van der Waals surface area contributed by atoms with Crippen molar-refractivity contribution >= 4 is 17.1 Å². The Hall–Kier alpha value is -4.88. The molecule has 6 aromatic rings. The Morgan fingerprint density at radius 2 is 1.04 bits per heavy atom. The van der Waals surface area contributed by atoms with Gasteiger partial charge >= 0.3 is 0 Å². The highest BCUT2D eigenvalue weighted by Gasteiger charge is 2.38. The molecule has 54 heavy (non-hydrogen) atoms. The number of hydrogen-bond donors (Lipinski definition) is 0. The van der Waals surface area contributed by atoms with E-state index >= 15 is 0 Å². The highest BCUT2D eigenvalue weighted by Crippen LogP contribution is 2.54. The summed E-state index contributed by atoms with van der Waals surface area (Å²) in [6, 6.07) is 55.9. The number of rotatable bonds is 7. The zero-order chi connectivity index (χ0) is 36.5. The average Bonchev–Trinajstić information content (AvgIpc) is 3.45. The maximum absolute atomic E-state index is 2.51. The van der Waals surface area contributed by atoms with Gasteiger partial charge in [0.25, 0.3) is 0 Å². The van der Waals surface area contributed by atoms with Crippen LogP contribution in [0.5, 0.6) is 0 Å². The van der Waals surface area contributed by atoms with Crippen LogP contribution in [0.4, 0.5) is 17.1 Å². The molecule has 0 unspecified atom stereocenters. The van der Waals surface area contributed by atoms with E-state index in [2.05, 4.69) is 164 Å². The first-order chi connectivity index (χ1) is 26.5. The van der Waals surface area contributed by atoms with Crippen molar-refractivity contribution in [1.82, 2.24) is 0 Å². The number of hydrogen-bond acceptors (Lipinski definition) is 1. The van der Waals surface area contributed by atoms with Crippen molar-refractivity contribution in [2.45, 2.75) is 108 Å². The first-order valence-electron chi connectivity index (χ1n) is 20.9. The van der Waals surface area contributed by atoms with Gasteiger partial charge in [-0.15, -0.1) is 0 Å². The van der Waals surface area contributed by atoms with Crippen LogP contribution in [0, 0.1) is 0 Å². The molecule has 1 heteroatoms. The quantitative estimate of drug-likeness (QED) is 0.160. The summed E-state index contributed by atoms with van der Waals surface area (Å²) in [5, 5.41) is 0. The van der Waals surface area contributed by atoms with Gasteiger partial charge in [-0.05, 0) is 118 Å². The van der Waals surface area contributed by atoms with Crippen LogP contribution >= 0.6 is 0 Å². The number of benzene rings is 6. The van der Waals surface area contributed by atoms with Gasteiger partial charge in [-0.3, -0.25) is 0 Å². The summed E-state index contributed by atoms with van der Waals surface area (Å²) in [6.45, 7) is 4.79. The van der Waals surface area contributed by atoms with Gasteiger partial charge in [0, 0.05) is 27.9 Å². The molecule has 0 bridgehead atoms. The molecule has 2 saturated carbocycles. The molecule has 3 aliphatic carbocycles. The molecule has 0 saturated heterocycles. The van der Waals surface area contributed by atoms with Crippen LogP contribution in [-0.4, -0.2) is 0 Å². The lowest BCUT2D eigenvalue weighted by atomic mass is 9.67. The number of anilines is 3. The molecule has 0 spiro atoms. The summed E-state index contributed by atoms with van der Waals surface area (Å²) in [5.41, 5.74) is 16.2. The Bertz CT molecular complexity index is 2180. The lowest BCUT2D eigenvalue weighted by Crippen LogP contribution is -2.29. The smallest absolute Gasteiger partial charge is 0.0468 e. The predicted molar refractivity (Wildman–Crippen MR) is 229 cm³/mol. The molecule has 0 aliphatic heterocycles. The van der Waals surface area contributed by atoms with E-state index in [9.17, 15) is 0 Å². The minimum absolute atomic E-state index is 0.0589. The molecule has 0 N–H and O–H groups in total. The van der Waals surface area contributed by atoms with Gasteiger partial charge in [-0.2, -0.15) is 0 Å². The highest BCUT2D eigenvalue weighted by atomic mass is 15.1. The molecule has 0 amide bonds. The molecule has 9 rings (SSSR count). The third kappa shape index (κ3) is 6.30. The lowest BCUT2D eigenvalue weighted by Gasteiger charge is -2.37. The molecule has 2 fully saturated rings. The zero-order valence-electron chi connectivity index (χ0n) is 32.4. The molecule has 272 valence electrons. The molecule has 6 aromatic carbocycles. The summed E-state index contributed by atoms with van der Waals surface area (Å²) >= 11 is 0. The maximum Gasteiger partial charge on any atom is 0.0468 e. The van der Waals surface area contributed by atoms with Gasteiger partial charge in [0.2, 0.25) is 0 Å². The molecule has 1 nitrogen and oxygen atoms in total. The molecule has 3 aliphatic rings. The van der Waals surface area contributed by atoms with Crippen molar-refractivity contribution in [3.05, 3.63) is 173 Å². The van der Waals surface area contributed by atoms with E-state index in [1.165, 1.54) is 144 Å². The summed E-state index contributed by atoms with van der Waals surface area (Å²) in [4.78, 5) is 2.51. The third-order valence-corrected chi connectivity index (χ3v) is 13.5. The fourth-order valence-corrected chi connectivity index (χ4v) is 10.5. The Morgan fingerprint density at radius 3 is 1.72 bits per heavy atom. The minimum atomic E-state index is -0.0779. The van der Waals surface area contributed by atoms with E-state index in [1.807, 2.05) is 0 Å². The van der Waals surface area contributed by atoms with Crippen LogP contribution < -0.4 is 4.90 Å². The molecular weight excluding hydrogens is 651 g/mol. The SMILES string of the molecule is CC1(C)c2ccc(N(c3ccc(C4CCCCC4)cc3)c3ccc(C4(c5ccccc5)CCCCCCC4)cc3)cc2-c2c(-c3ccccc3)cccc21.